The lowest BCUT2D eigenvalue weighted by molar-refractivity contribution is -0.392. The molecule has 0 aliphatic heterocycles. The first-order chi connectivity index (χ1) is 19.6. The molecule has 0 unspecified atom stereocenters. The molecule has 1 fully saturated rings. The number of oxime groups is 1. The highest BCUT2D eigenvalue weighted by Crippen LogP contribution is 2.54. The second kappa shape index (κ2) is 11.3. The molecule has 1 saturated carbocycles. The van der Waals surface area contributed by atoms with Crippen LogP contribution in [-0.2, 0) is 31.5 Å². The van der Waals surface area contributed by atoms with E-state index in [1.807, 2.05) is 0 Å². The number of hydrogen-bond acceptors (Lipinski definition) is 5. The third kappa shape index (κ3) is 5.39. The number of rotatable bonds is 7. The highest BCUT2D eigenvalue weighted by molar-refractivity contribution is 7.92. The fraction of sp³-hybridized carbons (Fsp3) is 0.345. The van der Waals surface area contributed by atoms with E-state index in [1.165, 1.54) is 24.3 Å². The summed E-state index contributed by atoms with van der Waals surface area (Å²) in [7, 11) is -4.39. The van der Waals surface area contributed by atoms with Gasteiger partial charge in [0, 0.05) is 5.56 Å². The maximum absolute atomic E-state index is 14.4. The Bertz CT molecular complexity index is 1510. The summed E-state index contributed by atoms with van der Waals surface area (Å²) < 4.78 is 131. The summed E-state index contributed by atoms with van der Waals surface area (Å²) in [5.41, 5.74) is -5.69. The monoisotopic (exact) mass is 617 g/mol. The minimum absolute atomic E-state index is 0.0188. The molecular weight excluding hydrogens is 591 g/mol. The predicted octanol–water partition coefficient (Wildman–Crippen LogP) is 7.68. The van der Waals surface area contributed by atoms with Crippen LogP contribution in [0.15, 0.2) is 88.9 Å². The molecular formula is C29H26F7NO4S. The molecule has 0 bridgehead atoms. The van der Waals surface area contributed by atoms with Crippen molar-refractivity contribution >= 4 is 15.5 Å². The minimum atomic E-state index is -5.94. The van der Waals surface area contributed by atoms with Gasteiger partial charge >= 0.3 is 12.4 Å². The van der Waals surface area contributed by atoms with E-state index in [2.05, 4.69) is 9.89 Å². The summed E-state index contributed by atoms with van der Waals surface area (Å²) in [6.07, 6.45) is -12.3. The molecule has 0 heterocycles. The van der Waals surface area contributed by atoms with Crippen LogP contribution in [0.4, 0.5) is 30.7 Å². The van der Waals surface area contributed by atoms with Crippen molar-refractivity contribution in [2.45, 2.75) is 60.4 Å². The van der Waals surface area contributed by atoms with Gasteiger partial charge in [0.15, 0.2) is 9.84 Å². The number of alkyl halides is 6. The van der Waals surface area contributed by atoms with Gasteiger partial charge in [-0.05, 0) is 60.6 Å². The SMILES string of the molecule is C[C@@H]1C[C@](c2ccc(C(OCc3ccccc3)(C(F)(F)F)C(F)(F)F)cc2)(S(=O)(=O)c2ccc(F)cc2)CC/C1=N/O. The Morgan fingerprint density at radius 1 is 0.905 bits per heavy atom. The summed E-state index contributed by atoms with van der Waals surface area (Å²) in [5.74, 6) is -1.32. The molecule has 1 aliphatic rings. The third-order valence-corrected chi connectivity index (χ3v) is 10.2. The van der Waals surface area contributed by atoms with Crippen molar-refractivity contribution in [2.75, 3.05) is 0 Å². The number of benzene rings is 3. The first-order valence-corrected chi connectivity index (χ1v) is 14.2. The Morgan fingerprint density at radius 3 is 1.98 bits per heavy atom. The van der Waals surface area contributed by atoms with Crippen molar-refractivity contribution in [3.05, 3.63) is 101 Å². The normalized spacial score (nSPS) is 21.4. The fourth-order valence-electron chi connectivity index (χ4n) is 5.45. The van der Waals surface area contributed by atoms with Crippen LogP contribution in [0, 0.1) is 11.7 Å². The molecule has 0 spiro atoms. The van der Waals surface area contributed by atoms with Crippen molar-refractivity contribution in [3.8, 4) is 0 Å². The molecule has 226 valence electrons. The zero-order valence-corrected chi connectivity index (χ0v) is 22.9. The first-order valence-electron chi connectivity index (χ1n) is 12.7. The van der Waals surface area contributed by atoms with Gasteiger partial charge in [0.2, 0.25) is 0 Å². The van der Waals surface area contributed by atoms with Gasteiger partial charge in [-0.15, -0.1) is 0 Å². The molecule has 3 aromatic carbocycles. The van der Waals surface area contributed by atoms with Gasteiger partial charge in [-0.1, -0.05) is 66.7 Å². The van der Waals surface area contributed by atoms with Gasteiger partial charge in [-0.3, -0.25) is 0 Å². The van der Waals surface area contributed by atoms with Crippen molar-refractivity contribution < 1.29 is 49.1 Å². The fourth-order valence-corrected chi connectivity index (χ4v) is 7.68. The Kier molecular flexibility index (Phi) is 8.49. The molecule has 5 nitrogen and oxygen atoms in total. The van der Waals surface area contributed by atoms with E-state index in [0.717, 1.165) is 36.4 Å². The van der Waals surface area contributed by atoms with Gasteiger partial charge in [0.05, 0.1) is 17.2 Å². The second-order valence-corrected chi connectivity index (χ2v) is 12.4. The van der Waals surface area contributed by atoms with Crippen LogP contribution in [0.5, 0.6) is 0 Å². The zero-order valence-electron chi connectivity index (χ0n) is 22.1. The van der Waals surface area contributed by atoms with Crippen LogP contribution in [0.2, 0.25) is 0 Å². The average molecular weight is 618 g/mol. The Balaban J connectivity index is 1.86. The summed E-state index contributed by atoms with van der Waals surface area (Å²) in [4.78, 5) is -0.282. The standard InChI is InChI=1S/C29H26F7NO4S/c1-19-17-26(16-15-25(19)37-38,42(39,40)24-13-11-23(30)12-14-24)21-7-9-22(10-8-21)27(28(31,32)33,29(34,35)36)41-18-20-5-3-2-4-6-20/h2-14,19,38H,15-18H2,1H3/b37-25-/t19-,26-/m1/s1. The third-order valence-electron chi connectivity index (χ3n) is 7.67. The van der Waals surface area contributed by atoms with Crippen LogP contribution < -0.4 is 0 Å². The lowest BCUT2D eigenvalue weighted by Crippen LogP contribution is -2.55. The topological polar surface area (TPSA) is 76.0 Å². The Morgan fingerprint density at radius 2 is 1.48 bits per heavy atom. The van der Waals surface area contributed by atoms with E-state index in [1.54, 1.807) is 13.0 Å². The Hall–Kier alpha value is -3.45. The van der Waals surface area contributed by atoms with E-state index >= 15 is 0 Å². The molecule has 42 heavy (non-hydrogen) atoms. The number of ether oxygens (including phenoxy) is 1. The molecule has 0 radical (unpaired) electrons. The number of sulfone groups is 1. The smallest absolute Gasteiger partial charge is 0.411 e. The van der Waals surface area contributed by atoms with E-state index in [-0.39, 0.29) is 35.3 Å². The average Bonchev–Trinajstić information content (AvgIpc) is 2.93. The Labute approximate surface area is 237 Å². The lowest BCUT2D eigenvalue weighted by Gasteiger charge is -2.41. The maximum atomic E-state index is 14.4. The van der Waals surface area contributed by atoms with Crippen molar-refractivity contribution in [2.24, 2.45) is 11.1 Å². The molecule has 0 saturated heterocycles. The summed E-state index contributed by atoms with van der Waals surface area (Å²) in [6.45, 7) is 0.582. The molecule has 4 rings (SSSR count). The summed E-state index contributed by atoms with van der Waals surface area (Å²) in [6, 6.07) is 14.0. The molecule has 2 atom stereocenters. The van der Waals surface area contributed by atoms with E-state index in [4.69, 9.17) is 0 Å². The number of nitrogens with zero attached hydrogens (tertiary/aromatic N) is 1. The highest BCUT2D eigenvalue weighted by atomic mass is 32.2. The maximum Gasteiger partial charge on any atom is 0.430 e. The quantitative estimate of drug-likeness (QED) is 0.128. The van der Waals surface area contributed by atoms with Gasteiger partial charge in [-0.25, -0.2) is 12.8 Å². The van der Waals surface area contributed by atoms with Crippen molar-refractivity contribution in [1.82, 2.24) is 0 Å². The lowest BCUT2D eigenvalue weighted by atomic mass is 9.76. The van der Waals surface area contributed by atoms with E-state index < -0.39 is 56.4 Å². The summed E-state index contributed by atoms with van der Waals surface area (Å²) >= 11 is 0. The van der Waals surface area contributed by atoms with Crippen molar-refractivity contribution in [3.63, 3.8) is 0 Å². The molecule has 3 aromatic rings. The predicted molar refractivity (Wildman–Crippen MR) is 139 cm³/mol. The minimum Gasteiger partial charge on any atom is -0.411 e. The molecule has 13 heteroatoms. The first kappa shape index (κ1) is 31.5. The van der Waals surface area contributed by atoms with Crippen LogP contribution in [0.25, 0.3) is 0 Å². The van der Waals surface area contributed by atoms with Crippen LogP contribution in [0.1, 0.15) is 42.9 Å². The van der Waals surface area contributed by atoms with Gasteiger partial charge in [0.25, 0.3) is 5.60 Å². The highest BCUT2D eigenvalue weighted by Gasteiger charge is 2.73. The van der Waals surface area contributed by atoms with Crippen LogP contribution >= 0.6 is 0 Å². The van der Waals surface area contributed by atoms with Gasteiger partial charge < -0.3 is 9.94 Å². The molecule has 1 aliphatic carbocycles. The van der Waals surface area contributed by atoms with Crippen LogP contribution in [0.3, 0.4) is 0 Å². The molecule has 0 aromatic heterocycles. The number of hydrogen-bond donors (Lipinski definition) is 1. The van der Waals surface area contributed by atoms with Gasteiger partial charge in [0.1, 0.15) is 10.6 Å². The largest absolute Gasteiger partial charge is 0.430 e. The van der Waals surface area contributed by atoms with E-state index in [9.17, 15) is 44.4 Å². The second-order valence-electron chi connectivity index (χ2n) is 10.2. The number of halogens is 7. The van der Waals surface area contributed by atoms with Crippen molar-refractivity contribution in [1.29, 1.82) is 0 Å². The summed E-state index contributed by atoms with van der Waals surface area (Å²) in [5, 5.41) is 12.5. The van der Waals surface area contributed by atoms with Gasteiger partial charge in [-0.2, -0.15) is 26.3 Å². The van der Waals surface area contributed by atoms with E-state index in [0.29, 0.717) is 17.8 Å². The zero-order chi connectivity index (χ0) is 31.0. The molecule has 0 amide bonds. The molecule has 1 N–H and O–H groups in total. The van der Waals surface area contributed by atoms with Crippen LogP contribution in [-0.4, -0.2) is 31.7 Å².